The number of carboxylic acid groups (broad SMARTS) is 1. The van der Waals surface area contributed by atoms with Crippen LogP contribution in [0.25, 0.3) is 0 Å². The van der Waals surface area contributed by atoms with Gasteiger partial charge in [0.2, 0.25) is 0 Å². The third kappa shape index (κ3) is 32.6. The van der Waals surface area contributed by atoms with Gasteiger partial charge in [-0.2, -0.15) is 0 Å². The molecule has 0 heterocycles. The fourth-order valence-electron chi connectivity index (χ4n) is 2.87. The van der Waals surface area contributed by atoms with Gasteiger partial charge in [-0.05, 0) is 28.0 Å². The Labute approximate surface area is 236 Å². The molecule has 0 aliphatic rings. The second kappa shape index (κ2) is 28.8. The molecule has 33 heavy (non-hydrogen) atoms. The van der Waals surface area contributed by atoms with Crippen molar-refractivity contribution in [1.29, 1.82) is 0 Å². The van der Waals surface area contributed by atoms with Gasteiger partial charge >= 0.3 is 5.97 Å². The van der Waals surface area contributed by atoms with E-state index in [9.17, 15) is 4.79 Å². The van der Waals surface area contributed by atoms with E-state index in [2.05, 4.69) is 6.92 Å². The number of carboxylic acids is 1. The Morgan fingerprint density at radius 3 is 1.15 bits per heavy atom. The van der Waals surface area contributed by atoms with Crippen LogP contribution < -0.4 is 0 Å². The Bertz CT molecular complexity index is 461. The van der Waals surface area contributed by atoms with E-state index in [1.807, 2.05) is 38.0 Å². The molecule has 4 nitrogen and oxygen atoms in total. The number of hydrogen-bond acceptors (Lipinski definition) is 5. The van der Waals surface area contributed by atoms with Crippen LogP contribution in [0.15, 0.2) is 0 Å². The molecule has 0 saturated heterocycles. The molecule has 9 heteroatoms. The monoisotopic (exact) mass is 588 g/mol. The zero-order valence-corrected chi connectivity index (χ0v) is 28.1. The first kappa shape index (κ1) is 38.1. The van der Waals surface area contributed by atoms with Gasteiger partial charge in [0.15, 0.2) is 0 Å². The van der Waals surface area contributed by atoms with E-state index in [0.717, 1.165) is 21.5 Å². The summed E-state index contributed by atoms with van der Waals surface area (Å²) in [5, 5.41) is 8.52. The summed E-state index contributed by atoms with van der Waals surface area (Å²) in [5.41, 5.74) is 0. The SMILES string of the molecule is CCCCCCCCCCCCCCCCCC(=O)O.CN(C)C(=S)SSC(=S)N(C)C.[Zn]. The summed E-state index contributed by atoms with van der Waals surface area (Å²) in [6.07, 6.45) is 20.2. The van der Waals surface area contributed by atoms with Crippen LogP contribution in [0.1, 0.15) is 110 Å². The Morgan fingerprint density at radius 1 is 0.636 bits per heavy atom. The summed E-state index contributed by atoms with van der Waals surface area (Å²) in [6.45, 7) is 2.27. The van der Waals surface area contributed by atoms with Gasteiger partial charge in [-0.3, -0.25) is 4.79 Å². The van der Waals surface area contributed by atoms with Crippen molar-refractivity contribution in [2.45, 2.75) is 110 Å². The van der Waals surface area contributed by atoms with Crippen molar-refractivity contribution in [2.75, 3.05) is 28.2 Å². The Morgan fingerprint density at radius 2 is 0.909 bits per heavy atom. The van der Waals surface area contributed by atoms with Gasteiger partial charge in [-0.1, -0.05) is 121 Å². The largest absolute Gasteiger partial charge is 0.481 e. The molecule has 0 aromatic carbocycles. The third-order valence-electron chi connectivity index (χ3n) is 4.91. The minimum atomic E-state index is -0.653. The maximum absolute atomic E-state index is 10.3. The molecule has 0 spiro atoms. The number of unbranched alkanes of at least 4 members (excludes halogenated alkanes) is 14. The molecule has 0 atom stereocenters. The average Bonchev–Trinajstić information content (AvgIpc) is 2.74. The summed E-state index contributed by atoms with van der Waals surface area (Å²) >= 11 is 10.1. The van der Waals surface area contributed by atoms with E-state index in [1.54, 1.807) is 0 Å². The van der Waals surface area contributed by atoms with Crippen molar-refractivity contribution in [3.8, 4) is 0 Å². The van der Waals surface area contributed by atoms with Crippen LogP contribution in [0.3, 0.4) is 0 Å². The van der Waals surface area contributed by atoms with Crippen molar-refractivity contribution in [1.82, 2.24) is 9.80 Å². The van der Waals surface area contributed by atoms with Gasteiger partial charge in [-0.15, -0.1) is 0 Å². The van der Waals surface area contributed by atoms with Crippen molar-refractivity contribution in [3.05, 3.63) is 0 Å². The summed E-state index contributed by atoms with van der Waals surface area (Å²) < 4.78 is 1.67. The molecule has 0 radical (unpaired) electrons. The van der Waals surface area contributed by atoms with Crippen LogP contribution in [-0.4, -0.2) is 57.7 Å². The summed E-state index contributed by atoms with van der Waals surface area (Å²) in [7, 11) is 10.7. The zero-order valence-electron chi connectivity index (χ0n) is 21.9. The molecule has 0 aliphatic carbocycles. The predicted molar refractivity (Wildman–Crippen MR) is 155 cm³/mol. The topological polar surface area (TPSA) is 43.8 Å². The Balaban J connectivity index is -0.000000596. The second-order valence-corrected chi connectivity index (χ2v) is 12.0. The van der Waals surface area contributed by atoms with Crippen LogP contribution in [-0.2, 0) is 24.3 Å². The van der Waals surface area contributed by atoms with Crippen LogP contribution >= 0.6 is 46.0 Å². The molecule has 0 aliphatic heterocycles. The Hall–Kier alpha value is 0.573. The van der Waals surface area contributed by atoms with Crippen LogP contribution in [0, 0.1) is 0 Å². The van der Waals surface area contributed by atoms with Crippen molar-refractivity contribution >= 4 is 60.6 Å². The quantitative estimate of drug-likeness (QED) is 0.0833. The number of hydrogen-bond donors (Lipinski definition) is 1. The number of aliphatic carboxylic acids is 1. The second-order valence-electron chi connectivity index (χ2n) is 8.58. The van der Waals surface area contributed by atoms with E-state index in [1.165, 1.54) is 105 Å². The smallest absolute Gasteiger partial charge is 0.303 e. The van der Waals surface area contributed by atoms with E-state index in [-0.39, 0.29) is 19.5 Å². The van der Waals surface area contributed by atoms with Crippen LogP contribution in [0.4, 0.5) is 0 Å². The molecular formula is C24H48N2O2S4Zn. The molecular weight excluding hydrogens is 542 g/mol. The first-order valence-electron chi connectivity index (χ1n) is 12.2. The van der Waals surface area contributed by atoms with Gasteiger partial charge in [0.1, 0.15) is 8.64 Å². The minimum absolute atomic E-state index is 0. The molecule has 0 rings (SSSR count). The van der Waals surface area contributed by atoms with E-state index < -0.39 is 5.97 Å². The fourth-order valence-corrected chi connectivity index (χ4v) is 5.24. The standard InChI is InChI=1S/C18H36O2.C6H12N2S4.Zn/c1-2-3-4-5-6-7-8-9-10-11-12-13-14-15-16-17-18(19)20;1-7(2)5(9)11-12-6(10)8(3)4;/h2-17H2,1H3,(H,19,20);1-4H3;. The average molecular weight is 590 g/mol. The molecule has 0 aromatic heterocycles. The molecule has 0 bridgehead atoms. The maximum Gasteiger partial charge on any atom is 0.303 e. The molecule has 0 aromatic rings. The van der Waals surface area contributed by atoms with Crippen molar-refractivity contribution in [2.24, 2.45) is 0 Å². The number of thiocarbonyl (C=S) groups is 2. The Kier molecular flexibility index (Phi) is 33.3. The fraction of sp³-hybridized carbons (Fsp3) is 0.875. The molecule has 0 fully saturated rings. The van der Waals surface area contributed by atoms with Crippen LogP contribution in [0.2, 0.25) is 0 Å². The summed E-state index contributed by atoms with van der Waals surface area (Å²) in [4.78, 5) is 14.1. The van der Waals surface area contributed by atoms with Crippen molar-refractivity contribution < 1.29 is 29.4 Å². The maximum atomic E-state index is 10.3. The van der Waals surface area contributed by atoms with E-state index >= 15 is 0 Å². The van der Waals surface area contributed by atoms with E-state index in [0.29, 0.717) is 6.42 Å². The van der Waals surface area contributed by atoms with Gasteiger partial charge in [0, 0.05) is 54.1 Å². The molecule has 192 valence electrons. The number of rotatable bonds is 16. The molecule has 0 amide bonds. The van der Waals surface area contributed by atoms with Gasteiger partial charge in [-0.25, -0.2) is 0 Å². The van der Waals surface area contributed by atoms with Gasteiger partial charge in [0.05, 0.1) is 0 Å². The first-order chi connectivity index (χ1) is 15.2. The van der Waals surface area contributed by atoms with Crippen LogP contribution in [0.5, 0.6) is 0 Å². The van der Waals surface area contributed by atoms with Gasteiger partial charge in [0.25, 0.3) is 0 Å². The van der Waals surface area contributed by atoms with Crippen molar-refractivity contribution in [3.63, 3.8) is 0 Å². The number of nitrogens with zero attached hydrogens (tertiary/aromatic N) is 2. The summed E-state index contributed by atoms with van der Waals surface area (Å²) in [5.74, 6) is -0.653. The summed E-state index contributed by atoms with van der Waals surface area (Å²) in [6, 6.07) is 0. The van der Waals surface area contributed by atoms with E-state index in [4.69, 9.17) is 29.5 Å². The van der Waals surface area contributed by atoms with Gasteiger partial charge < -0.3 is 14.9 Å². The zero-order chi connectivity index (χ0) is 24.6. The normalized spacial score (nSPS) is 9.97. The first-order valence-corrected chi connectivity index (χ1v) is 15.2. The molecule has 0 saturated carbocycles. The predicted octanol–water partition coefficient (Wildman–Crippen LogP) is 8.39. The minimum Gasteiger partial charge on any atom is -0.481 e. The number of carbonyl (C=O) groups is 1. The molecule has 0 unspecified atom stereocenters. The molecule has 1 N–H and O–H groups in total. The third-order valence-corrected chi connectivity index (χ3v) is 9.07.